The summed E-state index contributed by atoms with van der Waals surface area (Å²) >= 11 is 0. The average molecular weight is 257 g/mol. The van der Waals surface area contributed by atoms with Crippen molar-refractivity contribution in [1.82, 2.24) is 9.78 Å². The van der Waals surface area contributed by atoms with Crippen LogP contribution in [0.25, 0.3) is 5.69 Å². The summed E-state index contributed by atoms with van der Waals surface area (Å²) in [5.41, 5.74) is 8.37. The predicted molar refractivity (Wildman–Crippen MR) is 74.1 cm³/mol. The molecule has 2 atom stereocenters. The summed E-state index contributed by atoms with van der Waals surface area (Å²) in [5.74, 6) is 0. The molecular weight excluding hydrogens is 238 g/mol. The summed E-state index contributed by atoms with van der Waals surface area (Å²) in [4.78, 5) is 0. The Morgan fingerprint density at radius 1 is 1.26 bits per heavy atom. The third-order valence-electron chi connectivity index (χ3n) is 3.62. The fourth-order valence-electron chi connectivity index (χ4n) is 2.49. The Balaban J connectivity index is 1.77. The van der Waals surface area contributed by atoms with Crippen molar-refractivity contribution in [2.75, 3.05) is 6.61 Å². The van der Waals surface area contributed by atoms with E-state index < -0.39 is 0 Å². The van der Waals surface area contributed by atoms with Crippen LogP contribution in [0.2, 0.25) is 0 Å². The van der Waals surface area contributed by atoms with Gasteiger partial charge in [0.1, 0.15) is 0 Å². The number of hydrogen-bond donors (Lipinski definition) is 1. The van der Waals surface area contributed by atoms with Gasteiger partial charge in [0.25, 0.3) is 0 Å². The second kappa shape index (κ2) is 5.55. The molecule has 1 aliphatic rings. The first-order chi connectivity index (χ1) is 9.34. The highest BCUT2D eigenvalue weighted by molar-refractivity contribution is 5.31. The van der Waals surface area contributed by atoms with Gasteiger partial charge in [0.2, 0.25) is 0 Å². The van der Waals surface area contributed by atoms with Gasteiger partial charge < -0.3 is 10.5 Å². The van der Waals surface area contributed by atoms with Crippen molar-refractivity contribution in [3.05, 3.63) is 48.3 Å². The summed E-state index contributed by atoms with van der Waals surface area (Å²) in [5, 5.41) is 4.38. The van der Waals surface area contributed by atoms with E-state index in [-0.39, 0.29) is 12.1 Å². The molecule has 100 valence electrons. The van der Waals surface area contributed by atoms with Crippen LogP contribution >= 0.6 is 0 Å². The van der Waals surface area contributed by atoms with Crippen LogP contribution in [0.1, 0.15) is 30.9 Å². The van der Waals surface area contributed by atoms with E-state index in [2.05, 4.69) is 5.10 Å². The molecule has 2 aromatic rings. The molecule has 1 fully saturated rings. The number of benzene rings is 1. The van der Waals surface area contributed by atoms with Gasteiger partial charge in [-0.2, -0.15) is 5.10 Å². The van der Waals surface area contributed by atoms with E-state index in [0.29, 0.717) is 0 Å². The summed E-state index contributed by atoms with van der Waals surface area (Å²) in [6.07, 6.45) is 7.35. The van der Waals surface area contributed by atoms with Gasteiger partial charge in [-0.15, -0.1) is 0 Å². The van der Waals surface area contributed by atoms with Gasteiger partial charge >= 0.3 is 0 Å². The van der Waals surface area contributed by atoms with Crippen molar-refractivity contribution in [2.45, 2.75) is 31.4 Å². The minimum atomic E-state index is -0.0854. The molecule has 1 aromatic carbocycles. The van der Waals surface area contributed by atoms with Crippen LogP contribution in [0.5, 0.6) is 0 Å². The fraction of sp³-hybridized carbons (Fsp3) is 0.400. The van der Waals surface area contributed by atoms with Crippen LogP contribution in [0, 0.1) is 0 Å². The zero-order chi connectivity index (χ0) is 13.1. The first-order valence-electron chi connectivity index (χ1n) is 6.82. The summed E-state index contributed by atoms with van der Waals surface area (Å²) in [6.45, 7) is 0.825. The fourth-order valence-corrected chi connectivity index (χ4v) is 2.49. The van der Waals surface area contributed by atoms with Crippen molar-refractivity contribution in [3.63, 3.8) is 0 Å². The van der Waals surface area contributed by atoms with Gasteiger partial charge in [0, 0.05) is 18.4 Å². The van der Waals surface area contributed by atoms with E-state index >= 15 is 0 Å². The van der Waals surface area contributed by atoms with Gasteiger partial charge in [-0.3, -0.25) is 0 Å². The van der Waals surface area contributed by atoms with E-state index in [0.717, 1.165) is 30.7 Å². The normalized spacial score (nSPS) is 21.2. The van der Waals surface area contributed by atoms with E-state index in [1.54, 1.807) is 0 Å². The summed E-state index contributed by atoms with van der Waals surface area (Å²) in [7, 11) is 0. The first-order valence-corrected chi connectivity index (χ1v) is 6.82. The molecule has 2 N–H and O–H groups in total. The maximum absolute atomic E-state index is 6.28. The maximum atomic E-state index is 6.28. The van der Waals surface area contributed by atoms with Crippen LogP contribution in [-0.4, -0.2) is 22.5 Å². The molecule has 0 spiro atoms. The van der Waals surface area contributed by atoms with Crippen LogP contribution < -0.4 is 5.73 Å². The SMILES string of the molecule is NC(c1cnn(-c2ccccc2)c1)C1CCCCO1. The lowest BCUT2D eigenvalue weighted by molar-refractivity contribution is 0.00000655. The van der Waals surface area contributed by atoms with Crippen molar-refractivity contribution < 1.29 is 4.74 Å². The predicted octanol–water partition coefficient (Wildman–Crippen LogP) is 2.44. The van der Waals surface area contributed by atoms with Crippen molar-refractivity contribution in [1.29, 1.82) is 0 Å². The summed E-state index contributed by atoms with van der Waals surface area (Å²) < 4.78 is 7.61. The number of nitrogens with zero attached hydrogens (tertiary/aromatic N) is 2. The molecule has 0 aliphatic carbocycles. The first kappa shape index (κ1) is 12.4. The van der Waals surface area contributed by atoms with Crippen LogP contribution in [-0.2, 0) is 4.74 Å². The van der Waals surface area contributed by atoms with Crippen LogP contribution in [0.4, 0.5) is 0 Å². The van der Waals surface area contributed by atoms with Crippen LogP contribution in [0.3, 0.4) is 0 Å². The molecule has 0 saturated carbocycles. The number of rotatable bonds is 3. The van der Waals surface area contributed by atoms with Gasteiger partial charge in [-0.1, -0.05) is 18.2 Å². The zero-order valence-corrected chi connectivity index (χ0v) is 10.9. The molecule has 3 rings (SSSR count). The molecule has 1 aliphatic heterocycles. The highest BCUT2D eigenvalue weighted by atomic mass is 16.5. The third kappa shape index (κ3) is 2.69. The van der Waals surface area contributed by atoms with Gasteiger partial charge in [-0.25, -0.2) is 4.68 Å². The monoisotopic (exact) mass is 257 g/mol. The lowest BCUT2D eigenvalue weighted by Crippen LogP contribution is -2.31. The minimum Gasteiger partial charge on any atom is -0.376 e. The number of ether oxygens (including phenoxy) is 1. The Morgan fingerprint density at radius 3 is 2.84 bits per heavy atom. The average Bonchev–Trinajstić information content (AvgIpc) is 2.98. The molecule has 19 heavy (non-hydrogen) atoms. The molecule has 0 bridgehead atoms. The van der Waals surface area contributed by atoms with Crippen molar-refractivity contribution >= 4 is 0 Å². The molecule has 2 unspecified atom stereocenters. The topological polar surface area (TPSA) is 53.1 Å². The van der Waals surface area contributed by atoms with Gasteiger partial charge in [0.05, 0.1) is 24.0 Å². The number of nitrogens with two attached hydrogens (primary N) is 1. The van der Waals surface area contributed by atoms with E-state index in [9.17, 15) is 0 Å². The molecular formula is C15H19N3O. The number of para-hydroxylation sites is 1. The molecule has 4 heteroatoms. The number of hydrogen-bond acceptors (Lipinski definition) is 3. The minimum absolute atomic E-state index is 0.0854. The molecule has 1 aromatic heterocycles. The smallest absolute Gasteiger partial charge is 0.0768 e. The second-order valence-electron chi connectivity index (χ2n) is 4.98. The van der Waals surface area contributed by atoms with E-state index in [1.807, 2.05) is 47.4 Å². The Morgan fingerprint density at radius 2 is 2.11 bits per heavy atom. The zero-order valence-electron chi connectivity index (χ0n) is 10.9. The van der Waals surface area contributed by atoms with Gasteiger partial charge in [-0.05, 0) is 31.4 Å². The highest BCUT2D eigenvalue weighted by Crippen LogP contribution is 2.24. The molecule has 0 radical (unpaired) electrons. The Labute approximate surface area is 113 Å². The second-order valence-corrected chi connectivity index (χ2v) is 4.98. The Bertz CT molecular complexity index is 517. The third-order valence-corrected chi connectivity index (χ3v) is 3.62. The Kier molecular flexibility index (Phi) is 3.62. The van der Waals surface area contributed by atoms with E-state index in [1.165, 1.54) is 6.42 Å². The standard InChI is InChI=1S/C15H19N3O/c16-15(14-8-4-5-9-19-14)12-10-17-18(11-12)13-6-2-1-3-7-13/h1-3,6-7,10-11,14-15H,4-5,8-9,16H2. The molecule has 0 amide bonds. The van der Waals surface area contributed by atoms with Crippen molar-refractivity contribution in [2.24, 2.45) is 5.73 Å². The van der Waals surface area contributed by atoms with Crippen LogP contribution in [0.15, 0.2) is 42.7 Å². The largest absolute Gasteiger partial charge is 0.376 e. The molecule has 1 saturated heterocycles. The number of aromatic nitrogens is 2. The summed E-state index contributed by atoms with van der Waals surface area (Å²) in [6, 6.07) is 9.97. The van der Waals surface area contributed by atoms with Crippen molar-refractivity contribution in [3.8, 4) is 5.69 Å². The maximum Gasteiger partial charge on any atom is 0.0768 e. The Hall–Kier alpha value is -1.65. The van der Waals surface area contributed by atoms with Gasteiger partial charge in [0.15, 0.2) is 0 Å². The lowest BCUT2D eigenvalue weighted by Gasteiger charge is -2.27. The molecule has 2 heterocycles. The highest BCUT2D eigenvalue weighted by Gasteiger charge is 2.23. The van der Waals surface area contributed by atoms with E-state index in [4.69, 9.17) is 10.5 Å². The molecule has 4 nitrogen and oxygen atoms in total. The quantitative estimate of drug-likeness (QED) is 0.918. The lowest BCUT2D eigenvalue weighted by atomic mass is 9.99.